The zero-order valence-electron chi connectivity index (χ0n) is 11.8. The summed E-state index contributed by atoms with van der Waals surface area (Å²) in [6.07, 6.45) is 5.90. The van der Waals surface area contributed by atoms with Crippen LogP contribution < -0.4 is 11.1 Å². The molecule has 0 amide bonds. The van der Waals surface area contributed by atoms with Crippen molar-refractivity contribution in [2.45, 2.75) is 46.1 Å². The Morgan fingerprint density at radius 1 is 1.44 bits per heavy atom. The molecule has 2 saturated carbocycles. The summed E-state index contributed by atoms with van der Waals surface area (Å²) in [7, 11) is 1.91. The van der Waals surface area contributed by atoms with Gasteiger partial charge in [-0.25, -0.2) is 0 Å². The molecule has 3 rings (SSSR count). The molecule has 3 unspecified atom stereocenters. The number of anilines is 2. The van der Waals surface area contributed by atoms with Crippen molar-refractivity contribution in [2.75, 3.05) is 11.1 Å². The van der Waals surface area contributed by atoms with Gasteiger partial charge in [0.25, 0.3) is 0 Å². The molecule has 2 aliphatic rings. The monoisotopic (exact) mass is 248 g/mol. The van der Waals surface area contributed by atoms with Crippen LogP contribution in [0.2, 0.25) is 0 Å². The van der Waals surface area contributed by atoms with Gasteiger partial charge in [-0.3, -0.25) is 4.68 Å². The molecular formula is C14H24N4. The number of nitrogens with one attached hydrogen (secondary N) is 1. The topological polar surface area (TPSA) is 55.9 Å². The Morgan fingerprint density at radius 3 is 2.67 bits per heavy atom. The van der Waals surface area contributed by atoms with Crippen LogP contribution in [0.5, 0.6) is 0 Å². The fraction of sp³-hybridized carbons (Fsp3) is 0.786. The van der Waals surface area contributed by atoms with Crippen LogP contribution in [0, 0.1) is 16.7 Å². The maximum Gasteiger partial charge on any atom is 0.171 e. The first kappa shape index (κ1) is 11.9. The van der Waals surface area contributed by atoms with Crippen molar-refractivity contribution in [3.05, 3.63) is 6.20 Å². The molecule has 0 spiro atoms. The van der Waals surface area contributed by atoms with Crippen molar-refractivity contribution in [1.82, 2.24) is 9.78 Å². The molecule has 0 aliphatic heterocycles. The Labute approximate surface area is 109 Å². The van der Waals surface area contributed by atoms with E-state index in [2.05, 4.69) is 31.2 Å². The third-order valence-electron chi connectivity index (χ3n) is 5.41. The SMILES string of the molecule is Cn1cc(N)c(NC2C3(C)CCC(C3)C2(C)C)n1. The number of nitrogens with zero attached hydrogens (tertiary/aromatic N) is 2. The molecular weight excluding hydrogens is 224 g/mol. The molecule has 4 nitrogen and oxygen atoms in total. The molecule has 3 atom stereocenters. The minimum absolute atomic E-state index is 0.330. The lowest BCUT2D eigenvalue weighted by atomic mass is 9.68. The van der Waals surface area contributed by atoms with Gasteiger partial charge in [0, 0.05) is 19.3 Å². The quantitative estimate of drug-likeness (QED) is 0.846. The number of nitrogens with two attached hydrogens (primary N) is 1. The van der Waals surface area contributed by atoms with E-state index in [0.717, 1.165) is 17.4 Å². The first-order valence-electron chi connectivity index (χ1n) is 6.88. The molecule has 3 N–H and O–H groups in total. The van der Waals surface area contributed by atoms with Crippen molar-refractivity contribution < 1.29 is 0 Å². The lowest BCUT2D eigenvalue weighted by molar-refractivity contribution is 0.155. The van der Waals surface area contributed by atoms with Crippen molar-refractivity contribution in [3.63, 3.8) is 0 Å². The van der Waals surface area contributed by atoms with E-state index in [-0.39, 0.29) is 0 Å². The summed E-state index contributed by atoms with van der Waals surface area (Å²) < 4.78 is 1.78. The molecule has 0 radical (unpaired) electrons. The maximum atomic E-state index is 6.00. The number of rotatable bonds is 2. The number of aryl methyl sites for hydroxylation is 1. The molecule has 2 bridgehead atoms. The highest BCUT2D eigenvalue weighted by molar-refractivity contribution is 5.61. The average molecular weight is 248 g/mol. The second kappa shape index (κ2) is 3.43. The Bertz CT molecular complexity index is 471. The van der Waals surface area contributed by atoms with Gasteiger partial charge < -0.3 is 11.1 Å². The lowest BCUT2D eigenvalue weighted by Gasteiger charge is -2.43. The maximum absolute atomic E-state index is 6.00. The van der Waals surface area contributed by atoms with Crippen molar-refractivity contribution in [1.29, 1.82) is 0 Å². The smallest absolute Gasteiger partial charge is 0.171 e. The highest BCUT2D eigenvalue weighted by Crippen LogP contribution is 2.63. The van der Waals surface area contributed by atoms with Crippen LogP contribution in [0.3, 0.4) is 0 Å². The van der Waals surface area contributed by atoms with E-state index in [0.29, 0.717) is 16.9 Å². The lowest BCUT2D eigenvalue weighted by Crippen LogP contribution is -2.46. The first-order valence-corrected chi connectivity index (χ1v) is 6.88. The van der Waals surface area contributed by atoms with Gasteiger partial charge in [-0.05, 0) is 36.0 Å². The summed E-state index contributed by atoms with van der Waals surface area (Å²) in [5.74, 6) is 1.69. The third kappa shape index (κ3) is 1.47. The van der Waals surface area contributed by atoms with Crippen LogP contribution in [-0.4, -0.2) is 15.8 Å². The van der Waals surface area contributed by atoms with Gasteiger partial charge in [-0.1, -0.05) is 20.8 Å². The second-order valence-corrected chi connectivity index (χ2v) is 7.10. The number of nitrogen functional groups attached to an aromatic ring is 1. The van der Waals surface area contributed by atoms with E-state index >= 15 is 0 Å². The summed E-state index contributed by atoms with van der Waals surface area (Å²) in [5.41, 5.74) is 7.48. The summed E-state index contributed by atoms with van der Waals surface area (Å²) in [5, 5.41) is 8.07. The van der Waals surface area contributed by atoms with Crippen LogP contribution in [0.25, 0.3) is 0 Å². The molecule has 1 aromatic heterocycles. The highest BCUT2D eigenvalue weighted by atomic mass is 15.3. The Balaban J connectivity index is 1.90. The van der Waals surface area contributed by atoms with Crippen molar-refractivity contribution >= 4 is 11.5 Å². The second-order valence-electron chi connectivity index (χ2n) is 7.10. The van der Waals surface area contributed by atoms with E-state index in [1.165, 1.54) is 19.3 Å². The molecule has 4 heteroatoms. The van der Waals surface area contributed by atoms with Crippen LogP contribution >= 0.6 is 0 Å². The highest BCUT2D eigenvalue weighted by Gasteiger charge is 2.59. The van der Waals surface area contributed by atoms with E-state index in [4.69, 9.17) is 5.73 Å². The zero-order valence-corrected chi connectivity index (χ0v) is 11.8. The van der Waals surface area contributed by atoms with Gasteiger partial charge in [0.15, 0.2) is 5.82 Å². The van der Waals surface area contributed by atoms with Crippen molar-refractivity contribution in [2.24, 2.45) is 23.8 Å². The summed E-state index contributed by atoms with van der Waals surface area (Å²) in [4.78, 5) is 0. The average Bonchev–Trinajstić information content (AvgIpc) is 2.83. The van der Waals surface area contributed by atoms with Gasteiger partial charge in [-0.15, -0.1) is 0 Å². The number of fused-ring (bicyclic) bond motifs is 2. The van der Waals surface area contributed by atoms with E-state index in [1.54, 1.807) is 4.68 Å². The van der Waals surface area contributed by atoms with Gasteiger partial charge in [0.2, 0.25) is 0 Å². The molecule has 1 heterocycles. The zero-order chi connectivity index (χ0) is 13.1. The fourth-order valence-electron chi connectivity index (χ4n) is 4.42. The van der Waals surface area contributed by atoms with E-state index < -0.39 is 0 Å². The standard InChI is InChI=1S/C14H24N4/c1-13(2)9-5-6-14(3,7-9)12(13)16-11-10(15)8-18(4)17-11/h8-9,12H,5-7,15H2,1-4H3,(H,16,17). The van der Waals surface area contributed by atoms with Crippen LogP contribution in [0.1, 0.15) is 40.0 Å². The predicted octanol–water partition coefficient (Wildman–Crippen LogP) is 2.63. The molecule has 18 heavy (non-hydrogen) atoms. The van der Waals surface area contributed by atoms with Gasteiger partial charge >= 0.3 is 0 Å². The third-order valence-corrected chi connectivity index (χ3v) is 5.41. The molecule has 0 saturated heterocycles. The first-order chi connectivity index (χ1) is 8.33. The summed E-state index contributed by atoms with van der Waals surface area (Å²) in [6.45, 7) is 7.19. The van der Waals surface area contributed by atoms with E-state index in [9.17, 15) is 0 Å². The van der Waals surface area contributed by atoms with Crippen LogP contribution in [0.4, 0.5) is 11.5 Å². The van der Waals surface area contributed by atoms with Gasteiger partial charge in [0.1, 0.15) is 0 Å². The van der Waals surface area contributed by atoms with Crippen LogP contribution in [-0.2, 0) is 7.05 Å². The van der Waals surface area contributed by atoms with Gasteiger partial charge in [-0.2, -0.15) is 5.10 Å². The van der Waals surface area contributed by atoms with Gasteiger partial charge in [0.05, 0.1) is 5.69 Å². The molecule has 2 aliphatic carbocycles. The molecule has 0 aromatic carbocycles. The minimum Gasteiger partial charge on any atom is -0.394 e. The summed E-state index contributed by atoms with van der Waals surface area (Å²) in [6, 6.07) is 0.473. The summed E-state index contributed by atoms with van der Waals surface area (Å²) >= 11 is 0. The fourth-order valence-corrected chi connectivity index (χ4v) is 4.42. The number of hydrogen-bond donors (Lipinski definition) is 2. The molecule has 1 aromatic rings. The van der Waals surface area contributed by atoms with Crippen LogP contribution in [0.15, 0.2) is 6.20 Å². The Hall–Kier alpha value is -1.19. The Kier molecular flexibility index (Phi) is 2.26. The minimum atomic E-state index is 0.330. The number of hydrogen-bond acceptors (Lipinski definition) is 3. The number of aromatic nitrogens is 2. The van der Waals surface area contributed by atoms with E-state index in [1.807, 2.05) is 13.2 Å². The largest absolute Gasteiger partial charge is 0.394 e. The predicted molar refractivity (Wildman–Crippen MR) is 74.3 cm³/mol. The molecule has 2 fully saturated rings. The normalized spacial score (nSPS) is 37.1. The van der Waals surface area contributed by atoms with Crippen molar-refractivity contribution in [3.8, 4) is 0 Å². The molecule has 100 valence electrons. The Morgan fingerprint density at radius 2 is 2.17 bits per heavy atom.